The Balaban J connectivity index is 1.96. The summed E-state index contributed by atoms with van der Waals surface area (Å²) in [5.41, 5.74) is 0. The third-order valence-electron chi connectivity index (χ3n) is 3.27. The summed E-state index contributed by atoms with van der Waals surface area (Å²) in [5.74, 6) is -0.693. The Morgan fingerprint density at radius 1 is 1.15 bits per heavy atom. The molecule has 1 rings (SSSR count). The van der Waals surface area contributed by atoms with Crippen molar-refractivity contribution in [3.8, 4) is 0 Å². The molecular formula is C14H26N2O4. The number of ether oxygens (including phenoxy) is 2. The van der Waals surface area contributed by atoms with Gasteiger partial charge in [-0.05, 0) is 20.4 Å². The highest BCUT2D eigenvalue weighted by Crippen LogP contribution is 2.00. The van der Waals surface area contributed by atoms with Crippen LogP contribution >= 0.6 is 0 Å². The molecule has 0 saturated carbocycles. The fourth-order valence-electron chi connectivity index (χ4n) is 2.07. The van der Waals surface area contributed by atoms with Gasteiger partial charge >= 0.3 is 5.97 Å². The molecule has 0 spiro atoms. The van der Waals surface area contributed by atoms with Crippen LogP contribution in [0.1, 0.15) is 19.8 Å². The van der Waals surface area contributed by atoms with Crippen molar-refractivity contribution in [2.45, 2.75) is 19.8 Å². The van der Waals surface area contributed by atoms with Crippen molar-refractivity contribution >= 4 is 11.8 Å². The van der Waals surface area contributed by atoms with Gasteiger partial charge in [0.2, 0.25) is 0 Å². The summed E-state index contributed by atoms with van der Waals surface area (Å²) in [6.07, 6.45) is 0.725. The van der Waals surface area contributed by atoms with Gasteiger partial charge in [-0.1, -0.05) is 0 Å². The molecule has 0 bridgehead atoms. The average molecular weight is 286 g/mol. The van der Waals surface area contributed by atoms with Crippen LogP contribution in [-0.4, -0.2) is 81.1 Å². The number of carbonyl (C=O) groups excluding carboxylic acids is 2. The van der Waals surface area contributed by atoms with Crippen molar-refractivity contribution < 1.29 is 19.1 Å². The van der Waals surface area contributed by atoms with E-state index in [1.807, 2.05) is 0 Å². The predicted molar refractivity (Wildman–Crippen MR) is 75.6 cm³/mol. The van der Waals surface area contributed by atoms with E-state index in [1.165, 1.54) is 0 Å². The quantitative estimate of drug-likeness (QED) is 0.342. The number of ketones is 1. The van der Waals surface area contributed by atoms with Crippen molar-refractivity contribution in [3.05, 3.63) is 0 Å². The van der Waals surface area contributed by atoms with E-state index in [9.17, 15) is 9.59 Å². The van der Waals surface area contributed by atoms with E-state index < -0.39 is 5.97 Å². The third kappa shape index (κ3) is 7.57. The standard InChI is InChI=1S/C14H26N2O4/c1-3-20-14(18)11-13(17)12-19-10-4-5-16-8-6-15(2)7-9-16/h3-12H2,1-2H3. The van der Waals surface area contributed by atoms with E-state index in [-0.39, 0.29) is 18.8 Å². The van der Waals surface area contributed by atoms with Crippen LogP contribution in [0.15, 0.2) is 0 Å². The van der Waals surface area contributed by atoms with Crippen molar-refractivity contribution in [2.75, 3.05) is 59.6 Å². The van der Waals surface area contributed by atoms with Crippen molar-refractivity contribution in [2.24, 2.45) is 0 Å². The van der Waals surface area contributed by atoms with E-state index >= 15 is 0 Å². The van der Waals surface area contributed by atoms with Gasteiger partial charge in [0, 0.05) is 39.3 Å². The molecule has 0 atom stereocenters. The molecule has 0 aliphatic carbocycles. The molecule has 1 fully saturated rings. The fourth-order valence-corrected chi connectivity index (χ4v) is 2.07. The molecule has 1 aliphatic rings. The van der Waals surface area contributed by atoms with Crippen LogP contribution in [0.5, 0.6) is 0 Å². The predicted octanol–water partition coefficient (Wildman–Crippen LogP) is 0.163. The second kappa shape index (κ2) is 9.85. The van der Waals surface area contributed by atoms with E-state index in [4.69, 9.17) is 9.47 Å². The lowest BCUT2D eigenvalue weighted by Crippen LogP contribution is -2.44. The smallest absolute Gasteiger partial charge is 0.313 e. The van der Waals surface area contributed by atoms with E-state index in [2.05, 4.69) is 16.8 Å². The zero-order valence-corrected chi connectivity index (χ0v) is 12.6. The van der Waals surface area contributed by atoms with Crippen molar-refractivity contribution in [1.82, 2.24) is 9.80 Å². The van der Waals surface area contributed by atoms with Gasteiger partial charge < -0.3 is 19.3 Å². The maximum absolute atomic E-state index is 11.4. The van der Waals surface area contributed by atoms with Crippen LogP contribution in [0.25, 0.3) is 0 Å². The van der Waals surface area contributed by atoms with Gasteiger partial charge in [0.25, 0.3) is 0 Å². The van der Waals surface area contributed by atoms with Crippen LogP contribution in [0, 0.1) is 0 Å². The average Bonchev–Trinajstić information content (AvgIpc) is 2.40. The fraction of sp³-hybridized carbons (Fsp3) is 0.857. The van der Waals surface area contributed by atoms with E-state index in [0.29, 0.717) is 13.2 Å². The number of rotatable bonds is 9. The Hall–Kier alpha value is -0.980. The van der Waals surface area contributed by atoms with Gasteiger partial charge in [0.15, 0.2) is 5.78 Å². The second-order valence-electron chi connectivity index (χ2n) is 5.07. The largest absolute Gasteiger partial charge is 0.466 e. The molecule has 6 heteroatoms. The minimum Gasteiger partial charge on any atom is -0.466 e. The zero-order valence-electron chi connectivity index (χ0n) is 12.6. The number of Topliss-reactive ketones (excluding diaryl/α,β-unsaturated/α-hetero) is 1. The van der Waals surface area contributed by atoms with Crippen molar-refractivity contribution in [1.29, 1.82) is 0 Å². The summed E-state index contributed by atoms with van der Waals surface area (Å²) in [6, 6.07) is 0. The van der Waals surface area contributed by atoms with Crippen LogP contribution in [0.2, 0.25) is 0 Å². The molecule has 0 unspecified atom stereocenters. The lowest BCUT2D eigenvalue weighted by atomic mass is 10.3. The van der Waals surface area contributed by atoms with Gasteiger partial charge in [-0.25, -0.2) is 0 Å². The molecule has 0 aromatic rings. The molecule has 20 heavy (non-hydrogen) atoms. The zero-order chi connectivity index (χ0) is 14.8. The number of hydrogen-bond donors (Lipinski definition) is 0. The summed E-state index contributed by atoms with van der Waals surface area (Å²) in [6.45, 7) is 7.99. The first-order valence-electron chi connectivity index (χ1n) is 7.27. The summed E-state index contributed by atoms with van der Waals surface area (Å²) in [7, 11) is 2.13. The minimum absolute atomic E-state index is 0.00154. The number of likely N-dealkylation sites (N-methyl/N-ethyl adjacent to an activating group) is 1. The second-order valence-corrected chi connectivity index (χ2v) is 5.07. The summed E-state index contributed by atoms with van der Waals surface area (Å²) >= 11 is 0. The molecule has 0 aromatic heterocycles. The van der Waals surface area contributed by atoms with Crippen LogP contribution in [0.4, 0.5) is 0 Å². The number of esters is 1. The van der Waals surface area contributed by atoms with E-state index in [0.717, 1.165) is 39.1 Å². The lowest BCUT2D eigenvalue weighted by molar-refractivity contribution is -0.146. The molecule has 0 N–H and O–H groups in total. The monoisotopic (exact) mass is 286 g/mol. The first-order valence-corrected chi connectivity index (χ1v) is 7.27. The molecule has 1 aliphatic heterocycles. The normalized spacial score (nSPS) is 17.1. The Morgan fingerprint density at radius 2 is 1.85 bits per heavy atom. The highest BCUT2D eigenvalue weighted by atomic mass is 16.5. The number of carbonyl (C=O) groups is 2. The Kier molecular flexibility index (Phi) is 8.41. The Bertz CT molecular complexity index is 302. The van der Waals surface area contributed by atoms with Crippen LogP contribution in [-0.2, 0) is 19.1 Å². The van der Waals surface area contributed by atoms with Crippen LogP contribution in [0.3, 0.4) is 0 Å². The highest BCUT2D eigenvalue weighted by molar-refractivity contribution is 5.96. The van der Waals surface area contributed by atoms with Gasteiger partial charge in [0.05, 0.1) is 6.61 Å². The van der Waals surface area contributed by atoms with E-state index in [1.54, 1.807) is 6.92 Å². The van der Waals surface area contributed by atoms with Gasteiger partial charge in [-0.2, -0.15) is 0 Å². The number of piperazine rings is 1. The first kappa shape index (κ1) is 17.1. The molecule has 116 valence electrons. The maximum Gasteiger partial charge on any atom is 0.313 e. The Labute approximate surface area is 121 Å². The van der Waals surface area contributed by atoms with Gasteiger partial charge in [0.1, 0.15) is 13.0 Å². The number of nitrogens with zero attached hydrogens (tertiary/aromatic N) is 2. The first-order chi connectivity index (χ1) is 9.61. The third-order valence-corrected chi connectivity index (χ3v) is 3.27. The molecular weight excluding hydrogens is 260 g/mol. The molecule has 6 nitrogen and oxygen atoms in total. The van der Waals surface area contributed by atoms with Crippen LogP contribution < -0.4 is 0 Å². The number of hydrogen-bond acceptors (Lipinski definition) is 6. The molecule has 0 amide bonds. The lowest BCUT2D eigenvalue weighted by Gasteiger charge is -2.32. The van der Waals surface area contributed by atoms with Crippen molar-refractivity contribution in [3.63, 3.8) is 0 Å². The topological polar surface area (TPSA) is 59.1 Å². The maximum atomic E-state index is 11.4. The summed E-state index contributed by atoms with van der Waals surface area (Å²) in [4.78, 5) is 27.2. The molecule has 1 heterocycles. The summed E-state index contributed by atoms with van der Waals surface area (Å²) < 4.78 is 9.99. The summed E-state index contributed by atoms with van der Waals surface area (Å²) in [5, 5.41) is 0. The van der Waals surface area contributed by atoms with Gasteiger partial charge in [-0.15, -0.1) is 0 Å². The molecule has 0 aromatic carbocycles. The molecule has 1 saturated heterocycles. The highest BCUT2D eigenvalue weighted by Gasteiger charge is 2.13. The molecule has 0 radical (unpaired) electrons. The van der Waals surface area contributed by atoms with Gasteiger partial charge in [-0.3, -0.25) is 9.59 Å². The SMILES string of the molecule is CCOC(=O)CC(=O)COCCCN1CCN(C)CC1. The minimum atomic E-state index is -0.474. The Morgan fingerprint density at radius 3 is 2.50 bits per heavy atom.